The molecule has 0 aliphatic carbocycles. The molecule has 0 radical (unpaired) electrons. The summed E-state index contributed by atoms with van der Waals surface area (Å²) in [6.07, 6.45) is 1.47. The van der Waals surface area contributed by atoms with E-state index >= 15 is 0 Å². The standard InChI is InChI=1S/C9H10ClNO2S/c1-7(14(11,12)13)5-8-3-2-4-9(10)6-8/h2-6H,1H3,(H2,11,12,13)/b7-5+. The van der Waals surface area contributed by atoms with Crippen molar-refractivity contribution < 1.29 is 8.42 Å². The number of primary sulfonamides is 1. The zero-order valence-corrected chi connectivity index (χ0v) is 9.14. The van der Waals surface area contributed by atoms with E-state index in [9.17, 15) is 8.42 Å². The first-order chi connectivity index (χ1) is 6.39. The highest BCUT2D eigenvalue weighted by Crippen LogP contribution is 2.14. The lowest BCUT2D eigenvalue weighted by atomic mass is 10.2. The van der Waals surface area contributed by atoms with Gasteiger partial charge in [-0.2, -0.15) is 0 Å². The van der Waals surface area contributed by atoms with E-state index in [1.807, 2.05) is 0 Å². The van der Waals surface area contributed by atoms with Gasteiger partial charge in [0.2, 0.25) is 10.0 Å². The van der Waals surface area contributed by atoms with Crippen molar-refractivity contribution in [3.05, 3.63) is 39.8 Å². The van der Waals surface area contributed by atoms with E-state index in [0.29, 0.717) is 10.6 Å². The predicted molar refractivity (Wildman–Crippen MR) is 58.2 cm³/mol. The molecular formula is C9H10ClNO2S. The zero-order valence-electron chi connectivity index (χ0n) is 7.57. The Balaban J connectivity index is 3.10. The van der Waals surface area contributed by atoms with Crippen LogP contribution in [0.1, 0.15) is 12.5 Å². The molecule has 0 saturated heterocycles. The average molecular weight is 232 g/mol. The molecule has 0 aliphatic heterocycles. The minimum atomic E-state index is -3.60. The molecule has 14 heavy (non-hydrogen) atoms. The fourth-order valence-electron chi connectivity index (χ4n) is 0.913. The molecule has 0 heterocycles. The molecule has 0 unspecified atom stereocenters. The number of rotatable bonds is 2. The van der Waals surface area contributed by atoms with Crippen LogP contribution in [0.4, 0.5) is 0 Å². The van der Waals surface area contributed by atoms with E-state index in [-0.39, 0.29) is 4.91 Å². The third kappa shape index (κ3) is 3.14. The van der Waals surface area contributed by atoms with Gasteiger partial charge in [0.25, 0.3) is 0 Å². The molecule has 3 nitrogen and oxygen atoms in total. The van der Waals surface area contributed by atoms with Gasteiger partial charge in [-0.3, -0.25) is 0 Å². The SMILES string of the molecule is C/C(=C\c1cccc(Cl)c1)S(N)(=O)=O. The summed E-state index contributed by atoms with van der Waals surface area (Å²) in [5.74, 6) is 0. The van der Waals surface area contributed by atoms with Gasteiger partial charge in [0.15, 0.2) is 0 Å². The summed E-state index contributed by atoms with van der Waals surface area (Å²) in [7, 11) is -3.60. The van der Waals surface area contributed by atoms with Gasteiger partial charge in [-0.25, -0.2) is 13.6 Å². The third-order valence-corrected chi connectivity index (χ3v) is 2.92. The van der Waals surface area contributed by atoms with Gasteiger partial charge in [-0.15, -0.1) is 0 Å². The maximum atomic E-state index is 10.9. The molecule has 76 valence electrons. The van der Waals surface area contributed by atoms with Gasteiger partial charge in [-0.1, -0.05) is 23.7 Å². The smallest absolute Gasteiger partial charge is 0.225 e. The average Bonchev–Trinajstić information content (AvgIpc) is 2.02. The zero-order chi connectivity index (χ0) is 10.8. The summed E-state index contributed by atoms with van der Waals surface area (Å²) in [6.45, 7) is 1.44. The number of hydrogen-bond acceptors (Lipinski definition) is 2. The lowest BCUT2D eigenvalue weighted by Crippen LogP contribution is -2.12. The summed E-state index contributed by atoms with van der Waals surface area (Å²) >= 11 is 5.73. The van der Waals surface area contributed by atoms with Gasteiger partial charge in [0.1, 0.15) is 0 Å². The Morgan fingerprint density at radius 3 is 2.64 bits per heavy atom. The van der Waals surface area contributed by atoms with Gasteiger partial charge in [0, 0.05) is 5.02 Å². The van der Waals surface area contributed by atoms with Crippen molar-refractivity contribution in [1.29, 1.82) is 0 Å². The molecule has 0 amide bonds. The van der Waals surface area contributed by atoms with Crippen LogP contribution in [-0.4, -0.2) is 8.42 Å². The Morgan fingerprint density at radius 1 is 1.50 bits per heavy atom. The maximum absolute atomic E-state index is 10.9. The monoisotopic (exact) mass is 231 g/mol. The lowest BCUT2D eigenvalue weighted by Gasteiger charge is -1.98. The van der Waals surface area contributed by atoms with Gasteiger partial charge >= 0.3 is 0 Å². The van der Waals surface area contributed by atoms with Crippen molar-refractivity contribution in [3.8, 4) is 0 Å². The number of sulfonamides is 1. The van der Waals surface area contributed by atoms with Crippen LogP contribution in [0.3, 0.4) is 0 Å². The summed E-state index contributed by atoms with van der Waals surface area (Å²) in [5.41, 5.74) is 0.712. The molecule has 0 aromatic heterocycles. The first-order valence-electron chi connectivity index (χ1n) is 3.86. The van der Waals surface area contributed by atoms with Crippen molar-refractivity contribution in [2.75, 3.05) is 0 Å². The molecular weight excluding hydrogens is 222 g/mol. The summed E-state index contributed by atoms with van der Waals surface area (Å²) in [6, 6.07) is 6.87. The van der Waals surface area contributed by atoms with Crippen LogP contribution in [0, 0.1) is 0 Å². The van der Waals surface area contributed by atoms with Gasteiger partial charge < -0.3 is 0 Å². The van der Waals surface area contributed by atoms with Crippen LogP contribution >= 0.6 is 11.6 Å². The van der Waals surface area contributed by atoms with E-state index in [4.69, 9.17) is 16.7 Å². The van der Waals surface area contributed by atoms with Gasteiger partial charge in [0.05, 0.1) is 4.91 Å². The first-order valence-corrected chi connectivity index (χ1v) is 5.79. The quantitative estimate of drug-likeness (QED) is 0.846. The Hall–Kier alpha value is -0.840. The molecule has 1 rings (SSSR count). The van der Waals surface area contributed by atoms with E-state index in [2.05, 4.69) is 0 Å². The van der Waals surface area contributed by atoms with E-state index in [1.165, 1.54) is 13.0 Å². The molecule has 1 aromatic rings. The minimum Gasteiger partial charge on any atom is -0.225 e. The Kier molecular flexibility index (Phi) is 3.31. The summed E-state index contributed by atoms with van der Waals surface area (Å²) in [5, 5.41) is 5.49. The summed E-state index contributed by atoms with van der Waals surface area (Å²) in [4.78, 5) is 0.111. The van der Waals surface area contributed by atoms with Crippen LogP contribution in [0.15, 0.2) is 29.2 Å². The third-order valence-electron chi connectivity index (χ3n) is 1.67. The number of allylic oxidation sites excluding steroid dienone is 1. The van der Waals surface area contributed by atoms with Crippen molar-refractivity contribution >= 4 is 27.7 Å². The molecule has 0 saturated carbocycles. The number of halogens is 1. The van der Waals surface area contributed by atoms with Crippen LogP contribution in [0.2, 0.25) is 5.02 Å². The van der Waals surface area contributed by atoms with Crippen LogP contribution in [-0.2, 0) is 10.0 Å². The summed E-state index contributed by atoms with van der Waals surface area (Å²) < 4.78 is 21.8. The second-order valence-corrected chi connectivity index (χ2v) is 5.03. The highest BCUT2D eigenvalue weighted by molar-refractivity contribution is 7.93. The molecule has 0 bridgehead atoms. The van der Waals surface area contributed by atoms with E-state index < -0.39 is 10.0 Å². The van der Waals surface area contributed by atoms with Crippen LogP contribution in [0.5, 0.6) is 0 Å². The molecule has 2 N–H and O–H groups in total. The normalized spacial score (nSPS) is 12.9. The van der Waals surface area contributed by atoms with Crippen molar-refractivity contribution in [1.82, 2.24) is 0 Å². The second kappa shape index (κ2) is 4.13. The molecule has 0 atom stereocenters. The fraction of sp³-hybridized carbons (Fsp3) is 0.111. The van der Waals surface area contributed by atoms with Crippen molar-refractivity contribution in [3.63, 3.8) is 0 Å². The number of hydrogen-bond donors (Lipinski definition) is 1. The molecule has 5 heteroatoms. The molecule has 0 fully saturated rings. The molecule has 1 aromatic carbocycles. The topological polar surface area (TPSA) is 60.2 Å². The Labute approximate surface area is 88.2 Å². The predicted octanol–water partition coefficient (Wildman–Crippen LogP) is 1.99. The van der Waals surface area contributed by atoms with Gasteiger partial charge in [-0.05, 0) is 30.7 Å². The van der Waals surface area contributed by atoms with E-state index in [0.717, 1.165) is 0 Å². The highest BCUT2D eigenvalue weighted by atomic mass is 35.5. The lowest BCUT2D eigenvalue weighted by molar-refractivity contribution is 0.604. The fourth-order valence-corrected chi connectivity index (χ4v) is 1.41. The highest BCUT2D eigenvalue weighted by Gasteiger charge is 2.05. The molecule has 0 spiro atoms. The van der Waals surface area contributed by atoms with Crippen LogP contribution in [0.25, 0.3) is 6.08 Å². The second-order valence-electron chi connectivity index (χ2n) is 2.86. The van der Waals surface area contributed by atoms with Crippen LogP contribution < -0.4 is 5.14 Å². The molecule has 0 aliphatic rings. The Bertz CT molecular complexity index is 465. The van der Waals surface area contributed by atoms with E-state index in [1.54, 1.807) is 24.3 Å². The van der Waals surface area contributed by atoms with Crippen molar-refractivity contribution in [2.24, 2.45) is 5.14 Å². The first kappa shape index (κ1) is 11.2. The Morgan fingerprint density at radius 2 is 2.14 bits per heavy atom. The number of nitrogens with two attached hydrogens (primary N) is 1. The number of benzene rings is 1. The minimum absolute atomic E-state index is 0.111. The maximum Gasteiger partial charge on any atom is 0.233 e. The largest absolute Gasteiger partial charge is 0.233 e. The van der Waals surface area contributed by atoms with Crippen molar-refractivity contribution in [2.45, 2.75) is 6.92 Å².